The molecule has 6 nitrogen and oxygen atoms in total. The van der Waals surface area contributed by atoms with Crippen LogP contribution in [0.25, 0.3) is 21.8 Å². The van der Waals surface area contributed by atoms with E-state index < -0.39 is 0 Å². The molecule has 1 aliphatic heterocycles. The van der Waals surface area contributed by atoms with Crippen LogP contribution in [0.5, 0.6) is 0 Å². The molecule has 1 saturated heterocycles. The Morgan fingerprint density at radius 3 is 2.30 bits per heavy atom. The van der Waals surface area contributed by atoms with Gasteiger partial charge in [0.1, 0.15) is 0 Å². The van der Waals surface area contributed by atoms with E-state index in [0.717, 1.165) is 32.9 Å². The summed E-state index contributed by atoms with van der Waals surface area (Å²) < 4.78 is 12.6. The first-order valence-corrected chi connectivity index (χ1v) is 9.94. The predicted octanol–water partition coefficient (Wildman–Crippen LogP) is 3.52. The number of aromatic nitrogens is 2. The Balaban J connectivity index is 0.000000158. The summed E-state index contributed by atoms with van der Waals surface area (Å²) >= 11 is 0. The number of nitrogens with zero attached hydrogens (tertiary/aromatic N) is 1. The first-order valence-electron chi connectivity index (χ1n) is 9.94. The van der Waals surface area contributed by atoms with Crippen LogP contribution >= 0.6 is 0 Å². The molecule has 0 atom stereocenters. The second-order valence-corrected chi connectivity index (χ2v) is 7.33. The fourth-order valence-electron chi connectivity index (χ4n) is 3.72. The van der Waals surface area contributed by atoms with Crippen molar-refractivity contribution in [2.75, 3.05) is 13.2 Å². The molecule has 5 rings (SSSR count). The van der Waals surface area contributed by atoms with E-state index >= 15 is 0 Å². The Morgan fingerprint density at radius 1 is 0.867 bits per heavy atom. The quantitative estimate of drug-likeness (QED) is 0.555. The van der Waals surface area contributed by atoms with E-state index in [0.29, 0.717) is 19.8 Å². The molecular formula is C24H24N2O4. The first-order chi connectivity index (χ1) is 14.5. The van der Waals surface area contributed by atoms with Gasteiger partial charge in [0.2, 0.25) is 5.56 Å². The molecule has 0 radical (unpaired) electrons. The van der Waals surface area contributed by atoms with Crippen LogP contribution in [0.3, 0.4) is 0 Å². The monoisotopic (exact) mass is 404 g/mol. The topological polar surface area (TPSA) is 73.3 Å². The average molecular weight is 404 g/mol. The normalized spacial score (nSPS) is 14.1. The van der Waals surface area contributed by atoms with E-state index in [2.05, 4.69) is 4.98 Å². The number of para-hydroxylation sites is 2. The van der Waals surface area contributed by atoms with Crippen LogP contribution in [0, 0.1) is 13.8 Å². The minimum absolute atomic E-state index is 0.0177. The number of H-pyrrole nitrogens is 1. The number of rotatable bonds is 2. The molecular weight excluding hydrogens is 380 g/mol. The third kappa shape index (κ3) is 4.20. The number of pyridine rings is 2. The fraction of sp³-hybridized carbons (Fsp3) is 0.250. The highest BCUT2D eigenvalue weighted by atomic mass is 16.7. The van der Waals surface area contributed by atoms with Gasteiger partial charge in [-0.1, -0.05) is 36.4 Å². The fourth-order valence-corrected chi connectivity index (χ4v) is 3.72. The number of aromatic amines is 1. The summed E-state index contributed by atoms with van der Waals surface area (Å²) in [5.74, 6) is 0. The molecule has 1 N–H and O–H groups in total. The van der Waals surface area contributed by atoms with E-state index in [9.17, 15) is 9.59 Å². The molecule has 4 aromatic rings. The van der Waals surface area contributed by atoms with Gasteiger partial charge in [-0.05, 0) is 47.9 Å². The summed E-state index contributed by atoms with van der Waals surface area (Å²) in [5.41, 5.74) is 4.02. The predicted molar refractivity (Wildman–Crippen MR) is 118 cm³/mol. The van der Waals surface area contributed by atoms with Gasteiger partial charge in [-0.2, -0.15) is 0 Å². The van der Waals surface area contributed by atoms with Crippen LogP contribution in [0.1, 0.15) is 11.1 Å². The third-order valence-electron chi connectivity index (χ3n) is 5.20. The lowest BCUT2D eigenvalue weighted by atomic mass is 10.1. The zero-order valence-electron chi connectivity index (χ0n) is 17.1. The number of aryl methyl sites for hydroxylation is 2. The number of hydrogen-bond donors (Lipinski definition) is 1. The smallest absolute Gasteiger partial charge is 0.251 e. The van der Waals surface area contributed by atoms with Crippen molar-refractivity contribution in [2.24, 2.45) is 0 Å². The van der Waals surface area contributed by atoms with E-state index in [1.54, 1.807) is 16.7 Å². The van der Waals surface area contributed by atoms with Gasteiger partial charge in [-0.25, -0.2) is 0 Å². The van der Waals surface area contributed by atoms with Gasteiger partial charge in [0.15, 0.2) is 6.29 Å². The van der Waals surface area contributed by atoms with Crippen molar-refractivity contribution in [3.05, 3.63) is 92.5 Å². The first kappa shape index (κ1) is 20.1. The van der Waals surface area contributed by atoms with Crippen molar-refractivity contribution in [1.29, 1.82) is 0 Å². The van der Waals surface area contributed by atoms with Crippen LogP contribution in [-0.2, 0) is 16.0 Å². The highest BCUT2D eigenvalue weighted by molar-refractivity contribution is 5.82. The van der Waals surface area contributed by atoms with Crippen molar-refractivity contribution < 1.29 is 9.47 Å². The van der Waals surface area contributed by atoms with E-state index in [4.69, 9.17) is 9.47 Å². The van der Waals surface area contributed by atoms with Crippen LogP contribution in [-0.4, -0.2) is 29.1 Å². The Morgan fingerprint density at radius 2 is 1.53 bits per heavy atom. The Bertz CT molecular complexity index is 1300. The molecule has 154 valence electrons. The van der Waals surface area contributed by atoms with Crippen LogP contribution in [0.2, 0.25) is 0 Å². The summed E-state index contributed by atoms with van der Waals surface area (Å²) in [4.78, 5) is 25.8. The van der Waals surface area contributed by atoms with Crippen molar-refractivity contribution in [3.8, 4) is 0 Å². The molecule has 6 heteroatoms. The molecule has 0 spiro atoms. The van der Waals surface area contributed by atoms with Gasteiger partial charge in [-0.3, -0.25) is 9.59 Å². The van der Waals surface area contributed by atoms with Gasteiger partial charge < -0.3 is 19.0 Å². The highest BCUT2D eigenvalue weighted by Gasteiger charge is 2.18. The summed E-state index contributed by atoms with van der Waals surface area (Å²) in [6.45, 7) is 5.64. The number of ether oxygens (including phenoxy) is 2. The third-order valence-corrected chi connectivity index (χ3v) is 5.20. The van der Waals surface area contributed by atoms with Gasteiger partial charge in [0.25, 0.3) is 5.56 Å². The highest BCUT2D eigenvalue weighted by Crippen LogP contribution is 2.18. The summed E-state index contributed by atoms with van der Waals surface area (Å²) in [6, 6.07) is 18.8. The van der Waals surface area contributed by atoms with Gasteiger partial charge >= 0.3 is 0 Å². The van der Waals surface area contributed by atoms with Crippen molar-refractivity contribution >= 4 is 21.8 Å². The largest absolute Gasteiger partial charge is 0.348 e. The molecule has 0 saturated carbocycles. The van der Waals surface area contributed by atoms with Gasteiger partial charge in [0.05, 0.1) is 30.8 Å². The Hall–Kier alpha value is -3.22. The van der Waals surface area contributed by atoms with Crippen LogP contribution < -0.4 is 11.1 Å². The zero-order chi connectivity index (χ0) is 21.1. The molecule has 30 heavy (non-hydrogen) atoms. The van der Waals surface area contributed by atoms with E-state index in [1.807, 2.05) is 62.4 Å². The maximum atomic E-state index is 12.0. The number of hydrogen-bond acceptors (Lipinski definition) is 4. The van der Waals surface area contributed by atoms with Crippen LogP contribution in [0.4, 0.5) is 0 Å². The van der Waals surface area contributed by atoms with E-state index in [-0.39, 0.29) is 17.4 Å². The summed E-state index contributed by atoms with van der Waals surface area (Å²) in [6.07, 6.45) is -0.312. The standard InChI is InChI=1S/C14H15NO3.C10H9NO/c1-10-3-2-4-11-5-6-12(16)15(14(10)11)9-13-17-7-8-18-13;1-7-3-2-4-8-5-6-9(12)11-10(7)8/h2-6,13H,7-9H2,1H3;2-6H,1H3,(H,11,12). The summed E-state index contributed by atoms with van der Waals surface area (Å²) in [5, 5.41) is 2.14. The lowest BCUT2D eigenvalue weighted by Gasteiger charge is -2.15. The molecule has 1 aliphatic rings. The molecule has 0 unspecified atom stereocenters. The minimum Gasteiger partial charge on any atom is -0.348 e. The molecule has 2 aromatic heterocycles. The lowest BCUT2D eigenvalue weighted by molar-refractivity contribution is -0.0522. The van der Waals surface area contributed by atoms with Crippen molar-refractivity contribution in [3.63, 3.8) is 0 Å². The summed E-state index contributed by atoms with van der Waals surface area (Å²) in [7, 11) is 0. The van der Waals surface area contributed by atoms with Gasteiger partial charge in [0, 0.05) is 12.1 Å². The SMILES string of the molecule is Cc1cccc2ccc(=O)[nH]c12.Cc1cccc2ccc(=O)n(CC3OCCO3)c12. The molecule has 1 fully saturated rings. The van der Waals surface area contributed by atoms with Crippen LogP contribution in [0.15, 0.2) is 70.3 Å². The molecule has 0 bridgehead atoms. The van der Waals surface area contributed by atoms with Crippen molar-refractivity contribution in [1.82, 2.24) is 9.55 Å². The number of benzene rings is 2. The number of fused-ring (bicyclic) bond motifs is 2. The molecule has 0 aliphatic carbocycles. The Kier molecular flexibility index (Phi) is 5.79. The number of nitrogens with one attached hydrogen (secondary N) is 1. The molecule has 0 amide bonds. The zero-order valence-corrected chi connectivity index (χ0v) is 17.1. The second kappa shape index (κ2) is 8.65. The molecule has 2 aromatic carbocycles. The lowest BCUT2D eigenvalue weighted by Crippen LogP contribution is -2.27. The van der Waals surface area contributed by atoms with E-state index in [1.165, 1.54) is 0 Å². The molecule has 3 heterocycles. The second-order valence-electron chi connectivity index (χ2n) is 7.33. The average Bonchev–Trinajstić information content (AvgIpc) is 3.25. The minimum atomic E-state index is -0.312. The maximum Gasteiger partial charge on any atom is 0.251 e. The Labute approximate surface area is 173 Å². The van der Waals surface area contributed by atoms with Gasteiger partial charge in [-0.15, -0.1) is 0 Å². The maximum absolute atomic E-state index is 12.0. The van der Waals surface area contributed by atoms with Crippen molar-refractivity contribution in [2.45, 2.75) is 26.7 Å².